The maximum Gasteiger partial charge on any atom is 0.415 e. The number of nitrogens with two attached hydrogens (primary N) is 1. The van der Waals surface area contributed by atoms with Gasteiger partial charge in [0.2, 0.25) is 0 Å². The van der Waals surface area contributed by atoms with E-state index < -0.39 is 17.6 Å². The van der Waals surface area contributed by atoms with E-state index in [1.54, 1.807) is 19.9 Å². The minimum absolute atomic E-state index is 0.214. The molecule has 0 bridgehead atoms. The quantitative estimate of drug-likeness (QED) is 0.854. The Morgan fingerprint density at radius 1 is 1.33 bits per heavy atom. The molecule has 1 heterocycles. The summed E-state index contributed by atoms with van der Waals surface area (Å²) in [6, 6.07) is 3.08. The molecule has 0 spiro atoms. The van der Waals surface area contributed by atoms with Gasteiger partial charge in [0.1, 0.15) is 0 Å². The molecule has 0 aliphatic rings. The van der Waals surface area contributed by atoms with Gasteiger partial charge in [-0.1, -0.05) is 0 Å². The molecule has 0 saturated carbocycles. The van der Waals surface area contributed by atoms with Gasteiger partial charge in [-0.15, -0.1) is 0 Å². The Labute approximate surface area is 102 Å². The predicted molar refractivity (Wildman–Crippen MR) is 61.0 cm³/mol. The number of alkyl halides is 3. The molecular weight excluding hydrogens is 247 g/mol. The molecule has 7 heteroatoms. The van der Waals surface area contributed by atoms with Crippen LogP contribution in [-0.2, 0) is 4.79 Å². The molecular formula is C11H14F3N3O. The van der Waals surface area contributed by atoms with Crippen LogP contribution in [0.15, 0.2) is 12.1 Å². The third-order valence-corrected chi connectivity index (χ3v) is 2.53. The van der Waals surface area contributed by atoms with Gasteiger partial charge in [-0.25, -0.2) is 0 Å². The maximum atomic E-state index is 12.5. The molecule has 0 saturated heterocycles. The molecule has 0 fully saturated rings. The van der Waals surface area contributed by atoms with E-state index >= 15 is 0 Å². The summed E-state index contributed by atoms with van der Waals surface area (Å²) in [7, 11) is 0. The first-order valence-corrected chi connectivity index (χ1v) is 5.17. The molecule has 1 atom stereocenters. The monoisotopic (exact) mass is 261 g/mol. The van der Waals surface area contributed by atoms with Gasteiger partial charge in [0, 0.05) is 5.69 Å². The van der Waals surface area contributed by atoms with Gasteiger partial charge in [-0.05, 0) is 32.9 Å². The highest BCUT2D eigenvalue weighted by atomic mass is 19.4. The van der Waals surface area contributed by atoms with Gasteiger partial charge in [-0.2, -0.15) is 13.2 Å². The minimum atomic E-state index is -4.82. The molecule has 1 aromatic heterocycles. The van der Waals surface area contributed by atoms with Crippen LogP contribution >= 0.6 is 0 Å². The number of rotatable bonds is 2. The number of hydrogen-bond donors (Lipinski definition) is 2. The van der Waals surface area contributed by atoms with Crippen molar-refractivity contribution in [1.29, 1.82) is 0 Å². The number of aromatic nitrogens is 1. The van der Waals surface area contributed by atoms with Crippen molar-refractivity contribution in [3.63, 3.8) is 0 Å². The van der Waals surface area contributed by atoms with Crippen molar-refractivity contribution in [1.82, 2.24) is 4.98 Å². The standard InChI is InChI=1S/C11H14F3N3O/c1-6-4-5-8(7(2)16-6)17-9(18)10(3,15)11(12,13)14/h4-5H,15H2,1-3H3,(H,17,18). The van der Waals surface area contributed by atoms with Crippen molar-refractivity contribution in [2.45, 2.75) is 32.5 Å². The molecule has 0 aliphatic carbocycles. The molecule has 0 radical (unpaired) electrons. The van der Waals surface area contributed by atoms with E-state index in [1.807, 2.05) is 0 Å². The van der Waals surface area contributed by atoms with Crippen molar-refractivity contribution in [2.24, 2.45) is 5.73 Å². The summed E-state index contributed by atoms with van der Waals surface area (Å²) in [5.74, 6) is -1.32. The van der Waals surface area contributed by atoms with Crippen LogP contribution < -0.4 is 11.1 Å². The largest absolute Gasteiger partial charge is 0.415 e. The summed E-state index contributed by atoms with van der Waals surface area (Å²) >= 11 is 0. The van der Waals surface area contributed by atoms with Crippen LogP contribution in [0.3, 0.4) is 0 Å². The summed E-state index contributed by atoms with van der Waals surface area (Å²) in [5.41, 5.74) is 3.42. The summed E-state index contributed by atoms with van der Waals surface area (Å²) in [4.78, 5) is 15.6. The number of halogens is 3. The third-order valence-electron chi connectivity index (χ3n) is 2.53. The molecule has 0 aliphatic heterocycles. The van der Waals surface area contributed by atoms with Crippen LogP contribution in [0.5, 0.6) is 0 Å². The zero-order valence-corrected chi connectivity index (χ0v) is 10.2. The highest BCUT2D eigenvalue weighted by Crippen LogP contribution is 2.29. The molecule has 1 aromatic rings. The Morgan fingerprint density at radius 3 is 2.33 bits per heavy atom. The highest BCUT2D eigenvalue weighted by Gasteiger charge is 2.54. The normalized spacial score (nSPS) is 15.1. The van der Waals surface area contributed by atoms with Crippen LogP contribution in [0.2, 0.25) is 0 Å². The Morgan fingerprint density at radius 2 is 1.89 bits per heavy atom. The number of carbonyl (C=O) groups excluding carboxylic acids is 1. The van der Waals surface area contributed by atoms with Crippen molar-refractivity contribution in [2.75, 3.05) is 5.32 Å². The summed E-state index contributed by atoms with van der Waals surface area (Å²) in [6.07, 6.45) is -4.82. The number of pyridine rings is 1. The number of anilines is 1. The van der Waals surface area contributed by atoms with E-state index in [0.29, 0.717) is 18.3 Å². The first kappa shape index (κ1) is 14.4. The fraction of sp³-hybridized carbons (Fsp3) is 0.455. The second-order valence-corrected chi connectivity index (χ2v) is 4.24. The number of hydrogen-bond acceptors (Lipinski definition) is 3. The molecule has 3 N–H and O–H groups in total. The highest BCUT2D eigenvalue weighted by molar-refractivity contribution is 5.98. The van der Waals surface area contributed by atoms with Crippen LogP contribution in [0.1, 0.15) is 18.3 Å². The molecule has 18 heavy (non-hydrogen) atoms. The lowest BCUT2D eigenvalue weighted by atomic mass is 10.0. The molecule has 100 valence electrons. The average molecular weight is 261 g/mol. The van der Waals surface area contributed by atoms with E-state index in [9.17, 15) is 18.0 Å². The van der Waals surface area contributed by atoms with E-state index in [2.05, 4.69) is 10.3 Å². The molecule has 1 rings (SSSR count). The lowest BCUT2D eigenvalue weighted by Gasteiger charge is -2.26. The van der Waals surface area contributed by atoms with Crippen LogP contribution in [0.25, 0.3) is 0 Å². The van der Waals surface area contributed by atoms with Crippen molar-refractivity contribution in [3.05, 3.63) is 23.5 Å². The van der Waals surface area contributed by atoms with E-state index in [0.717, 1.165) is 0 Å². The number of nitrogens with one attached hydrogen (secondary N) is 1. The SMILES string of the molecule is Cc1ccc(NC(=O)C(C)(N)C(F)(F)F)c(C)n1. The number of aryl methyl sites for hydroxylation is 2. The Balaban J connectivity index is 2.95. The van der Waals surface area contributed by atoms with Crippen LogP contribution in [0.4, 0.5) is 18.9 Å². The zero-order valence-electron chi connectivity index (χ0n) is 10.2. The second-order valence-electron chi connectivity index (χ2n) is 4.24. The van der Waals surface area contributed by atoms with Gasteiger partial charge in [-0.3, -0.25) is 9.78 Å². The summed E-state index contributed by atoms with van der Waals surface area (Å²) < 4.78 is 37.6. The minimum Gasteiger partial charge on any atom is -0.323 e. The van der Waals surface area contributed by atoms with Gasteiger partial charge in [0.15, 0.2) is 5.54 Å². The van der Waals surface area contributed by atoms with Crippen molar-refractivity contribution in [3.8, 4) is 0 Å². The Bertz CT molecular complexity index is 469. The molecule has 1 unspecified atom stereocenters. The Kier molecular flexibility index (Phi) is 3.66. The predicted octanol–water partition coefficient (Wildman–Crippen LogP) is 1.92. The van der Waals surface area contributed by atoms with E-state index in [-0.39, 0.29) is 5.69 Å². The Hall–Kier alpha value is -1.63. The molecule has 4 nitrogen and oxygen atoms in total. The van der Waals surface area contributed by atoms with Crippen LogP contribution in [0, 0.1) is 13.8 Å². The smallest absolute Gasteiger partial charge is 0.323 e. The van der Waals surface area contributed by atoms with E-state index in [4.69, 9.17) is 5.73 Å². The topological polar surface area (TPSA) is 68.0 Å². The van der Waals surface area contributed by atoms with Crippen molar-refractivity contribution >= 4 is 11.6 Å². The zero-order chi connectivity index (χ0) is 14.1. The van der Waals surface area contributed by atoms with Crippen molar-refractivity contribution < 1.29 is 18.0 Å². The number of carbonyl (C=O) groups is 1. The number of amides is 1. The van der Waals surface area contributed by atoms with Gasteiger partial charge in [0.25, 0.3) is 5.91 Å². The lowest BCUT2D eigenvalue weighted by Crippen LogP contribution is -2.59. The number of nitrogens with zero attached hydrogens (tertiary/aromatic N) is 1. The fourth-order valence-corrected chi connectivity index (χ4v) is 1.20. The molecule has 1 amide bonds. The van der Waals surface area contributed by atoms with Gasteiger partial charge in [0.05, 0.1) is 11.4 Å². The summed E-state index contributed by atoms with van der Waals surface area (Å²) in [6.45, 7) is 3.95. The lowest BCUT2D eigenvalue weighted by molar-refractivity contribution is -0.184. The fourth-order valence-electron chi connectivity index (χ4n) is 1.20. The average Bonchev–Trinajstić information content (AvgIpc) is 2.20. The first-order chi connectivity index (χ1) is 8.05. The molecule has 0 aromatic carbocycles. The van der Waals surface area contributed by atoms with Crippen LogP contribution in [-0.4, -0.2) is 22.6 Å². The third kappa shape index (κ3) is 2.79. The van der Waals surface area contributed by atoms with E-state index in [1.165, 1.54) is 6.07 Å². The maximum absolute atomic E-state index is 12.5. The first-order valence-electron chi connectivity index (χ1n) is 5.17. The van der Waals surface area contributed by atoms with Gasteiger partial charge >= 0.3 is 6.18 Å². The second kappa shape index (κ2) is 4.56. The van der Waals surface area contributed by atoms with Gasteiger partial charge < -0.3 is 11.1 Å². The summed E-state index contributed by atoms with van der Waals surface area (Å²) in [5, 5.41) is 2.14.